The molecule has 3 N–H and O–H groups in total. The molecule has 0 bridgehead atoms. The van der Waals surface area contributed by atoms with Gasteiger partial charge in [0.1, 0.15) is 5.54 Å². The van der Waals surface area contributed by atoms with Gasteiger partial charge in [0, 0.05) is 32.1 Å². The third-order valence-corrected chi connectivity index (χ3v) is 5.93. The van der Waals surface area contributed by atoms with Crippen LogP contribution in [0.3, 0.4) is 0 Å². The first-order valence-corrected chi connectivity index (χ1v) is 9.12. The van der Waals surface area contributed by atoms with Gasteiger partial charge in [-0.15, -0.1) is 0 Å². The van der Waals surface area contributed by atoms with Gasteiger partial charge in [-0.05, 0) is 31.6 Å². The molecule has 0 aromatic rings. The first-order chi connectivity index (χ1) is 11.5. The zero-order valence-electron chi connectivity index (χ0n) is 14.4. The number of hydrogen-bond acceptors (Lipinski definition) is 4. The molecule has 3 rings (SSSR count). The summed E-state index contributed by atoms with van der Waals surface area (Å²) in [6.07, 6.45) is 5.59. The second-order valence-electron chi connectivity index (χ2n) is 7.44. The number of carbonyl (C=O) groups excluding carboxylic acids is 3. The summed E-state index contributed by atoms with van der Waals surface area (Å²) < 4.78 is 0. The van der Waals surface area contributed by atoms with E-state index in [-0.39, 0.29) is 36.9 Å². The molecule has 0 aromatic carbocycles. The summed E-state index contributed by atoms with van der Waals surface area (Å²) in [5.41, 5.74) is 5.15. The van der Waals surface area contributed by atoms with Crippen molar-refractivity contribution < 1.29 is 14.4 Å². The molecule has 0 unspecified atom stereocenters. The molecule has 0 radical (unpaired) electrons. The fourth-order valence-electron chi connectivity index (χ4n) is 4.47. The van der Waals surface area contributed by atoms with Gasteiger partial charge in [0.05, 0.1) is 0 Å². The maximum Gasteiger partial charge on any atom is 0.325 e. The molecule has 7 nitrogen and oxygen atoms in total. The lowest BCUT2D eigenvalue weighted by Crippen LogP contribution is -2.52. The number of carbonyl (C=O) groups is 3. The highest BCUT2D eigenvalue weighted by molar-refractivity contribution is 6.07. The average molecular weight is 336 g/mol. The number of urea groups is 1. The second kappa shape index (κ2) is 6.70. The van der Waals surface area contributed by atoms with E-state index in [0.717, 1.165) is 32.2 Å². The van der Waals surface area contributed by atoms with Crippen LogP contribution in [0, 0.1) is 5.92 Å². The van der Waals surface area contributed by atoms with Crippen molar-refractivity contribution in [1.82, 2.24) is 15.1 Å². The van der Waals surface area contributed by atoms with Gasteiger partial charge in [-0.25, -0.2) is 4.79 Å². The number of nitrogens with one attached hydrogen (secondary N) is 1. The molecule has 2 atom stereocenters. The summed E-state index contributed by atoms with van der Waals surface area (Å²) in [4.78, 5) is 40.4. The highest BCUT2D eigenvalue weighted by Crippen LogP contribution is 2.35. The SMILES string of the molecule is C[C@@H]1CCCN(C(=O)CCN2C(=O)NC3(CCCC3)C2=O)[C@@H]1CN. The fraction of sp³-hybridized carbons (Fsp3) is 0.824. The molecule has 3 fully saturated rings. The van der Waals surface area contributed by atoms with Crippen molar-refractivity contribution >= 4 is 17.8 Å². The predicted octanol–water partition coefficient (Wildman–Crippen LogP) is 0.827. The van der Waals surface area contributed by atoms with E-state index in [1.54, 1.807) is 0 Å². The van der Waals surface area contributed by atoms with E-state index in [9.17, 15) is 14.4 Å². The van der Waals surface area contributed by atoms with Gasteiger partial charge >= 0.3 is 6.03 Å². The van der Waals surface area contributed by atoms with Gasteiger partial charge in [0.2, 0.25) is 5.91 Å². The van der Waals surface area contributed by atoms with Crippen LogP contribution < -0.4 is 11.1 Å². The van der Waals surface area contributed by atoms with E-state index in [1.165, 1.54) is 4.90 Å². The van der Waals surface area contributed by atoms with Crippen molar-refractivity contribution in [3.63, 3.8) is 0 Å². The van der Waals surface area contributed by atoms with Gasteiger partial charge in [0.15, 0.2) is 0 Å². The van der Waals surface area contributed by atoms with Crippen LogP contribution in [0.25, 0.3) is 0 Å². The minimum atomic E-state index is -0.695. The Labute approximate surface area is 142 Å². The molecule has 3 aliphatic rings. The molecule has 4 amide bonds. The van der Waals surface area contributed by atoms with Crippen LogP contribution in [-0.4, -0.2) is 58.9 Å². The van der Waals surface area contributed by atoms with E-state index >= 15 is 0 Å². The van der Waals surface area contributed by atoms with E-state index in [1.807, 2.05) is 4.90 Å². The van der Waals surface area contributed by atoms with Gasteiger partial charge in [-0.3, -0.25) is 14.5 Å². The molecule has 7 heteroatoms. The Bertz CT molecular complexity index is 530. The minimum absolute atomic E-state index is 0.00929. The maximum absolute atomic E-state index is 12.6. The summed E-state index contributed by atoms with van der Waals surface area (Å²) in [5.74, 6) is 0.233. The third kappa shape index (κ3) is 2.90. The molecule has 1 spiro atoms. The van der Waals surface area contributed by atoms with Crippen LogP contribution in [0.1, 0.15) is 51.9 Å². The lowest BCUT2D eigenvalue weighted by atomic mass is 9.90. The van der Waals surface area contributed by atoms with E-state index < -0.39 is 5.54 Å². The number of likely N-dealkylation sites (tertiary alicyclic amines) is 1. The Morgan fingerprint density at radius 3 is 2.67 bits per heavy atom. The van der Waals surface area contributed by atoms with Gasteiger partial charge in [0.25, 0.3) is 5.91 Å². The number of piperidine rings is 1. The number of imide groups is 1. The first-order valence-electron chi connectivity index (χ1n) is 9.12. The summed E-state index contributed by atoms with van der Waals surface area (Å²) in [6.45, 7) is 3.46. The van der Waals surface area contributed by atoms with Crippen LogP contribution in [0.15, 0.2) is 0 Å². The van der Waals surface area contributed by atoms with Crippen LogP contribution in [-0.2, 0) is 9.59 Å². The zero-order valence-corrected chi connectivity index (χ0v) is 14.4. The summed E-state index contributed by atoms with van der Waals surface area (Å²) in [6, 6.07) is -0.285. The van der Waals surface area contributed by atoms with Crippen molar-refractivity contribution in [2.24, 2.45) is 11.7 Å². The van der Waals surface area contributed by atoms with Gasteiger partial charge in [-0.1, -0.05) is 19.8 Å². The Morgan fingerprint density at radius 1 is 1.29 bits per heavy atom. The van der Waals surface area contributed by atoms with Crippen molar-refractivity contribution in [3.05, 3.63) is 0 Å². The standard InChI is InChI=1S/C17H28N4O3/c1-12-5-4-9-20(13(12)11-18)14(22)6-10-21-15(23)17(19-16(21)24)7-2-3-8-17/h12-13H,2-11,18H2,1H3,(H,19,24)/t12-,13-/m1/s1. The summed E-state index contributed by atoms with van der Waals surface area (Å²) in [5, 5.41) is 2.85. The fourth-order valence-corrected chi connectivity index (χ4v) is 4.47. The third-order valence-electron chi connectivity index (χ3n) is 5.93. The zero-order chi connectivity index (χ0) is 17.3. The van der Waals surface area contributed by atoms with Crippen molar-refractivity contribution in [2.45, 2.75) is 63.5 Å². The molecule has 1 aliphatic carbocycles. The lowest BCUT2D eigenvalue weighted by molar-refractivity contribution is -0.137. The van der Waals surface area contributed by atoms with Gasteiger partial charge in [-0.2, -0.15) is 0 Å². The number of nitrogens with zero attached hydrogens (tertiary/aromatic N) is 2. The summed E-state index contributed by atoms with van der Waals surface area (Å²) in [7, 11) is 0. The second-order valence-corrected chi connectivity index (χ2v) is 7.44. The molecular weight excluding hydrogens is 308 g/mol. The van der Waals surface area contributed by atoms with Crippen LogP contribution in [0.5, 0.6) is 0 Å². The largest absolute Gasteiger partial charge is 0.338 e. The number of nitrogens with two attached hydrogens (primary N) is 1. The molecule has 24 heavy (non-hydrogen) atoms. The van der Waals surface area contributed by atoms with Crippen LogP contribution in [0.4, 0.5) is 4.79 Å². The molecular formula is C17H28N4O3. The monoisotopic (exact) mass is 336 g/mol. The Kier molecular flexibility index (Phi) is 4.80. The van der Waals surface area contributed by atoms with E-state index in [4.69, 9.17) is 5.73 Å². The van der Waals surface area contributed by atoms with Crippen molar-refractivity contribution in [1.29, 1.82) is 0 Å². The maximum atomic E-state index is 12.6. The average Bonchev–Trinajstić information content (AvgIpc) is 3.12. The first kappa shape index (κ1) is 17.2. The highest BCUT2D eigenvalue weighted by Gasteiger charge is 2.52. The quantitative estimate of drug-likeness (QED) is 0.743. The number of rotatable bonds is 4. The minimum Gasteiger partial charge on any atom is -0.338 e. The van der Waals surface area contributed by atoms with Crippen molar-refractivity contribution in [3.8, 4) is 0 Å². The normalized spacial score (nSPS) is 29.4. The predicted molar refractivity (Wildman–Crippen MR) is 89.0 cm³/mol. The molecule has 134 valence electrons. The lowest BCUT2D eigenvalue weighted by Gasteiger charge is -2.39. The number of hydrogen-bond donors (Lipinski definition) is 2. The van der Waals surface area contributed by atoms with Crippen LogP contribution >= 0.6 is 0 Å². The Morgan fingerprint density at radius 2 is 2.00 bits per heavy atom. The van der Waals surface area contributed by atoms with E-state index in [2.05, 4.69) is 12.2 Å². The molecule has 2 aliphatic heterocycles. The highest BCUT2D eigenvalue weighted by atomic mass is 16.2. The Balaban J connectivity index is 1.60. The van der Waals surface area contributed by atoms with E-state index in [0.29, 0.717) is 25.3 Å². The molecule has 2 saturated heterocycles. The van der Waals surface area contributed by atoms with Crippen LogP contribution in [0.2, 0.25) is 0 Å². The summed E-state index contributed by atoms with van der Waals surface area (Å²) >= 11 is 0. The topological polar surface area (TPSA) is 95.7 Å². The molecule has 1 saturated carbocycles. The molecule has 2 heterocycles. The van der Waals surface area contributed by atoms with Gasteiger partial charge < -0.3 is 16.0 Å². The smallest absolute Gasteiger partial charge is 0.325 e. The Hall–Kier alpha value is -1.63. The van der Waals surface area contributed by atoms with Crippen molar-refractivity contribution in [2.75, 3.05) is 19.6 Å². The number of amides is 4. The molecule has 0 aromatic heterocycles.